The number of carbonyl (C=O) groups excluding carboxylic acids is 1. The van der Waals surface area contributed by atoms with E-state index in [0.29, 0.717) is 18.4 Å². The van der Waals surface area contributed by atoms with Gasteiger partial charge in [0, 0.05) is 12.0 Å². The van der Waals surface area contributed by atoms with Gasteiger partial charge in [-0.1, -0.05) is 60.7 Å². The lowest BCUT2D eigenvalue weighted by molar-refractivity contribution is -0.138. The summed E-state index contributed by atoms with van der Waals surface area (Å²) in [6.07, 6.45) is 0.291. The molecule has 1 atom stereocenters. The Morgan fingerprint density at radius 1 is 0.909 bits per heavy atom. The Bertz CT molecular complexity index is 742. The molecule has 0 saturated carbocycles. The normalized spacial score (nSPS) is 17.2. The molecule has 0 aliphatic carbocycles. The molecule has 3 heteroatoms. The predicted molar refractivity (Wildman–Crippen MR) is 82.8 cm³/mol. The van der Waals surface area contributed by atoms with Gasteiger partial charge >= 0.3 is 5.97 Å². The fraction of sp³-hybridized carbons (Fsp3) is 0.158. The zero-order valence-corrected chi connectivity index (χ0v) is 12.0. The fourth-order valence-corrected chi connectivity index (χ4v) is 2.64. The molecular formula is C19H15NO2. The summed E-state index contributed by atoms with van der Waals surface area (Å²) >= 11 is 0. The van der Waals surface area contributed by atoms with Gasteiger partial charge in [0.2, 0.25) is 6.10 Å². The summed E-state index contributed by atoms with van der Waals surface area (Å²) < 4.78 is 5.21. The maximum Gasteiger partial charge on any atom is 0.336 e. The van der Waals surface area contributed by atoms with Crippen molar-refractivity contribution >= 4 is 5.97 Å². The van der Waals surface area contributed by atoms with Crippen molar-refractivity contribution in [3.8, 4) is 6.07 Å². The summed E-state index contributed by atoms with van der Waals surface area (Å²) in [7, 11) is 0. The molecular weight excluding hydrogens is 274 g/mol. The Hall–Kier alpha value is -2.86. The van der Waals surface area contributed by atoms with E-state index in [1.165, 1.54) is 0 Å². The van der Waals surface area contributed by atoms with Gasteiger partial charge in [-0.25, -0.2) is 4.79 Å². The van der Waals surface area contributed by atoms with Gasteiger partial charge in [0.05, 0.1) is 0 Å². The average Bonchev–Trinajstić information content (AvgIpc) is 2.85. The zero-order chi connectivity index (χ0) is 15.4. The fourth-order valence-electron chi connectivity index (χ4n) is 2.64. The number of rotatable bonds is 4. The van der Waals surface area contributed by atoms with Gasteiger partial charge in [-0.2, -0.15) is 5.26 Å². The summed E-state index contributed by atoms with van der Waals surface area (Å²) in [4.78, 5) is 12.1. The van der Waals surface area contributed by atoms with Crippen LogP contribution < -0.4 is 0 Å². The van der Waals surface area contributed by atoms with Crippen molar-refractivity contribution in [2.75, 3.05) is 0 Å². The van der Waals surface area contributed by atoms with Gasteiger partial charge < -0.3 is 4.74 Å². The molecule has 1 aliphatic rings. The van der Waals surface area contributed by atoms with Crippen LogP contribution in [-0.2, 0) is 22.4 Å². The summed E-state index contributed by atoms with van der Waals surface area (Å²) in [6, 6.07) is 21.7. The summed E-state index contributed by atoms with van der Waals surface area (Å²) in [5.74, 6) is -0.374. The van der Waals surface area contributed by atoms with Gasteiger partial charge in [-0.05, 0) is 23.1 Å². The molecule has 108 valence electrons. The third-order valence-electron chi connectivity index (χ3n) is 3.75. The molecule has 3 nitrogen and oxygen atoms in total. The van der Waals surface area contributed by atoms with Crippen LogP contribution >= 0.6 is 0 Å². The molecule has 0 spiro atoms. The lowest BCUT2D eigenvalue weighted by Crippen LogP contribution is -2.09. The molecule has 1 heterocycles. The van der Waals surface area contributed by atoms with Crippen molar-refractivity contribution in [2.45, 2.75) is 18.9 Å². The first-order valence-corrected chi connectivity index (χ1v) is 7.18. The van der Waals surface area contributed by atoms with E-state index in [0.717, 1.165) is 16.7 Å². The van der Waals surface area contributed by atoms with Gasteiger partial charge in [0.1, 0.15) is 6.07 Å². The van der Waals surface area contributed by atoms with Crippen LogP contribution in [0.3, 0.4) is 0 Å². The first kappa shape index (κ1) is 14.1. The second-order valence-corrected chi connectivity index (χ2v) is 5.24. The Morgan fingerprint density at radius 2 is 1.45 bits per heavy atom. The molecule has 0 fully saturated rings. The van der Waals surface area contributed by atoms with Gasteiger partial charge in [0.25, 0.3) is 0 Å². The summed E-state index contributed by atoms with van der Waals surface area (Å²) in [5, 5.41) is 9.25. The Kier molecular flexibility index (Phi) is 4.02. The smallest absolute Gasteiger partial charge is 0.336 e. The van der Waals surface area contributed by atoms with Crippen molar-refractivity contribution in [2.24, 2.45) is 0 Å². The van der Waals surface area contributed by atoms with Gasteiger partial charge in [-0.15, -0.1) is 0 Å². The van der Waals surface area contributed by atoms with E-state index in [-0.39, 0.29) is 5.97 Å². The van der Waals surface area contributed by atoms with E-state index >= 15 is 0 Å². The number of hydrogen-bond donors (Lipinski definition) is 0. The van der Waals surface area contributed by atoms with Crippen LogP contribution in [0.15, 0.2) is 71.8 Å². The van der Waals surface area contributed by atoms with Crippen LogP contribution in [0.2, 0.25) is 0 Å². The van der Waals surface area contributed by atoms with Crippen molar-refractivity contribution in [1.82, 2.24) is 0 Å². The molecule has 0 aromatic heterocycles. The van der Waals surface area contributed by atoms with Gasteiger partial charge in [0.15, 0.2) is 0 Å². The third kappa shape index (κ3) is 2.91. The Labute approximate surface area is 129 Å². The van der Waals surface area contributed by atoms with Crippen LogP contribution in [0.5, 0.6) is 0 Å². The maximum atomic E-state index is 12.1. The number of cyclic esters (lactones) is 1. The van der Waals surface area contributed by atoms with Crippen LogP contribution in [0.1, 0.15) is 11.1 Å². The largest absolute Gasteiger partial charge is 0.439 e. The molecule has 0 amide bonds. The molecule has 3 rings (SSSR count). The molecule has 0 saturated heterocycles. The monoisotopic (exact) mass is 289 g/mol. The van der Waals surface area contributed by atoms with Gasteiger partial charge in [-0.3, -0.25) is 0 Å². The maximum absolute atomic E-state index is 12.1. The van der Waals surface area contributed by atoms with Crippen molar-refractivity contribution in [3.63, 3.8) is 0 Å². The first-order chi connectivity index (χ1) is 10.8. The standard InChI is InChI=1S/C19H15NO2/c20-13-18-16(11-14-7-3-1-4-8-14)17(19(21)22-18)12-15-9-5-2-6-10-15/h1-10,18H,11-12H2. The molecule has 1 unspecified atom stereocenters. The average molecular weight is 289 g/mol. The van der Waals surface area contributed by atoms with Crippen LogP contribution in [0.25, 0.3) is 0 Å². The summed E-state index contributed by atoms with van der Waals surface area (Å²) in [6.45, 7) is 0. The SMILES string of the molecule is N#CC1OC(=O)C(Cc2ccccc2)=C1Cc1ccccc1. The van der Waals surface area contributed by atoms with Crippen molar-refractivity contribution in [1.29, 1.82) is 5.26 Å². The van der Waals surface area contributed by atoms with Crippen LogP contribution in [0, 0.1) is 11.3 Å². The Morgan fingerprint density at radius 3 is 2.00 bits per heavy atom. The van der Waals surface area contributed by atoms with E-state index in [2.05, 4.69) is 6.07 Å². The van der Waals surface area contributed by atoms with E-state index in [1.54, 1.807) is 0 Å². The summed E-state index contributed by atoms with van der Waals surface area (Å²) in [5.41, 5.74) is 3.50. The van der Waals surface area contributed by atoms with Crippen molar-refractivity contribution < 1.29 is 9.53 Å². The Balaban J connectivity index is 1.94. The number of nitriles is 1. The lowest BCUT2D eigenvalue weighted by atomic mass is 9.94. The topological polar surface area (TPSA) is 50.1 Å². The zero-order valence-electron chi connectivity index (χ0n) is 12.0. The predicted octanol–water partition coefficient (Wildman–Crippen LogP) is 3.22. The van der Waals surface area contributed by atoms with E-state index in [9.17, 15) is 10.1 Å². The van der Waals surface area contributed by atoms with Crippen LogP contribution in [0.4, 0.5) is 0 Å². The van der Waals surface area contributed by atoms with Crippen LogP contribution in [-0.4, -0.2) is 12.1 Å². The third-order valence-corrected chi connectivity index (χ3v) is 3.75. The highest BCUT2D eigenvalue weighted by atomic mass is 16.5. The van der Waals surface area contributed by atoms with E-state index in [1.807, 2.05) is 60.7 Å². The number of hydrogen-bond acceptors (Lipinski definition) is 3. The molecule has 2 aromatic rings. The molecule has 22 heavy (non-hydrogen) atoms. The minimum absolute atomic E-state index is 0.374. The highest BCUT2D eigenvalue weighted by molar-refractivity contribution is 5.93. The molecule has 2 aromatic carbocycles. The highest BCUT2D eigenvalue weighted by Gasteiger charge is 2.33. The number of nitrogens with zero attached hydrogens (tertiary/aromatic N) is 1. The molecule has 0 N–H and O–H groups in total. The van der Waals surface area contributed by atoms with Crippen molar-refractivity contribution in [3.05, 3.63) is 82.9 Å². The molecule has 1 aliphatic heterocycles. The number of esters is 1. The molecule has 0 radical (unpaired) electrons. The number of benzene rings is 2. The minimum atomic E-state index is -0.772. The quantitative estimate of drug-likeness (QED) is 0.812. The highest BCUT2D eigenvalue weighted by Crippen LogP contribution is 2.28. The number of ether oxygens (including phenoxy) is 1. The molecule has 0 bridgehead atoms. The second-order valence-electron chi connectivity index (χ2n) is 5.24. The number of carbonyl (C=O) groups is 1. The first-order valence-electron chi connectivity index (χ1n) is 7.18. The second kappa shape index (κ2) is 6.28. The lowest BCUT2D eigenvalue weighted by Gasteiger charge is -2.07. The van der Waals surface area contributed by atoms with E-state index in [4.69, 9.17) is 4.74 Å². The minimum Gasteiger partial charge on any atom is -0.439 e. The van der Waals surface area contributed by atoms with E-state index < -0.39 is 6.10 Å².